The number of hydrogen-bond acceptors (Lipinski definition) is 3. The molecule has 98 valence electrons. The highest BCUT2D eigenvalue weighted by Crippen LogP contribution is 2.45. The molecule has 0 spiro atoms. The monoisotopic (exact) mass is 247 g/mol. The summed E-state index contributed by atoms with van der Waals surface area (Å²) in [5.74, 6) is 1.99. The van der Waals surface area contributed by atoms with Crippen molar-refractivity contribution in [3.8, 4) is 11.5 Å². The molecule has 0 saturated heterocycles. The molecule has 3 rings (SSSR count). The number of hydrogen-bond donors (Lipinski definition) is 3. The molecule has 3 nitrogen and oxygen atoms in total. The summed E-state index contributed by atoms with van der Waals surface area (Å²) in [7, 11) is 0. The molecule has 0 radical (unpaired) electrons. The van der Waals surface area contributed by atoms with Gasteiger partial charge in [-0.2, -0.15) is 0 Å². The zero-order valence-corrected chi connectivity index (χ0v) is 10.8. The zero-order valence-electron chi connectivity index (χ0n) is 10.8. The van der Waals surface area contributed by atoms with E-state index in [4.69, 9.17) is 0 Å². The number of benzene rings is 1. The van der Waals surface area contributed by atoms with Gasteiger partial charge in [0.05, 0.1) is 0 Å². The van der Waals surface area contributed by atoms with Gasteiger partial charge in [0.2, 0.25) is 0 Å². The second-order valence-electron chi connectivity index (χ2n) is 5.83. The summed E-state index contributed by atoms with van der Waals surface area (Å²) in [6.07, 6.45) is 5.40. The van der Waals surface area contributed by atoms with Crippen LogP contribution in [-0.2, 0) is 0 Å². The summed E-state index contributed by atoms with van der Waals surface area (Å²) in [4.78, 5) is 0. The molecule has 0 heterocycles. The summed E-state index contributed by atoms with van der Waals surface area (Å²) < 4.78 is 0. The average molecular weight is 247 g/mol. The lowest BCUT2D eigenvalue weighted by molar-refractivity contribution is 0.367. The molecule has 3 heteroatoms. The highest BCUT2D eigenvalue weighted by Gasteiger charge is 2.41. The summed E-state index contributed by atoms with van der Waals surface area (Å²) in [5.41, 5.74) is 0.874. The third kappa shape index (κ3) is 2.46. The molecule has 1 aromatic carbocycles. The van der Waals surface area contributed by atoms with Gasteiger partial charge in [-0.25, -0.2) is 0 Å². The van der Waals surface area contributed by atoms with Crippen LogP contribution in [0.3, 0.4) is 0 Å². The van der Waals surface area contributed by atoms with E-state index < -0.39 is 0 Å². The van der Waals surface area contributed by atoms with Crippen molar-refractivity contribution >= 4 is 0 Å². The fourth-order valence-corrected chi connectivity index (χ4v) is 2.84. The van der Waals surface area contributed by atoms with Gasteiger partial charge in [0.15, 0.2) is 0 Å². The minimum Gasteiger partial charge on any atom is -0.508 e. The van der Waals surface area contributed by atoms with Crippen molar-refractivity contribution in [2.24, 2.45) is 11.8 Å². The topological polar surface area (TPSA) is 52.5 Å². The van der Waals surface area contributed by atoms with Gasteiger partial charge in [-0.05, 0) is 50.5 Å². The molecule has 2 saturated carbocycles. The third-order valence-electron chi connectivity index (χ3n) is 4.18. The Bertz CT molecular complexity index is 426. The van der Waals surface area contributed by atoms with Crippen LogP contribution < -0.4 is 5.32 Å². The second-order valence-corrected chi connectivity index (χ2v) is 5.83. The Morgan fingerprint density at radius 3 is 2.22 bits per heavy atom. The Labute approximate surface area is 108 Å². The van der Waals surface area contributed by atoms with Crippen LogP contribution in [-0.4, -0.2) is 16.3 Å². The van der Waals surface area contributed by atoms with E-state index in [-0.39, 0.29) is 17.5 Å². The van der Waals surface area contributed by atoms with Gasteiger partial charge in [-0.1, -0.05) is 6.07 Å². The smallest absolute Gasteiger partial charge is 0.124 e. The van der Waals surface area contributed by atoms with Gasteiger partial charge in [0.25, 0.3) is 0 Å². The first kappa shape index (κ1) is 11.8. The number of phenols is 2. The Balaban J connectivity index is 1.70. The average Bonchev–Trinajstić information content (AvgIpc) is 3.17. The van der Waals surface area contributed by atoms with Crippen LogP contribution in [0.15, 0.2) is 18.2 Å². The predicted octanol–water partition coefficient (Wildman–Crippen LogP) is 2.94. The molecule has 2 fully saturated rings. The first-order chi connectivity index (χ1) is 8.65. The summed E-state index contributed by atoms with van der Waals surface area (Å²) in [6.45, 7) is 2.09. The van der Waals surface area contributed by atoms with E-state index in [1.165, 1.54) is 31.7 Å². The molecule has 0 bridgehead atoms. The molecule has 2 aliphatic carbocycles. The molecule has 1 atom stereocenters. The number of rotatable bonds is 5. The Hall–Kier alpha value is -1.22. The van der Waals surface area contributed by atoms with Gasteiger partial charge < -0.3 is 15.5 Å². The summed E-state index contributed by atoms with van der Waals surface area (Å²) in [6, 6.07) is 5.61. The van der Waals surface area contributed by atoms with E-state index in [9.17, 15) is 10.2 Å². The second kappa shape index (κ2) is 4.47. The van der Waals surface area contributed by atoms with Crippen molar-refractivity contribution in [2.75, 3.05) is 0 Å². The van der Waals surface area contributed by atoms with Gasteiger partial charge in [-0.15, -0.1) is 0 Å². The van der Waals surface area contributed by atoms with Crippen LogP contribution in [0.1, 0.15) is 44.2 Å². The van der Waals surface area contributed by atoms with Gasteiger partial charge in [-0.3, -0.25) is 0 Å². The fraction of sp³-hybridized carbons (Fsp3) is 0.600. The number of phenolic OH excluding ortho intramolecular Hbond substituents is 2. The van der Waals surface area contributed by atoms with E-state index in [0.29, 0.717) is 6.04 Å². The number of aromatic hydroxyl groups is 2. The quantitative estimate of drug-likeness (QED) is 0.750. The largest absolute Gasteiger partial charge is 0.508 e. The summed E-state index contributed by atoms with van der Waals surface area (Å²) >= 11 is 0. The SMILES string of the molecule is CC(NC(C1CC1)C1CC1)c1ccc(O)cc1O. The Morgan fingerprint density at radius 1 is 1.11 bits per heavy atom. The molecular formula is C15H21NO2. The molecule has 1 unspecified atom stereocenters. The van der Waals surface area contributed by atoms with E-state index >= 15 is 0 Å². The van der Waals surface area contributed by atoms with Crippen molar-refractivity contribution in [1.82, 2.24) is 5.32 Å². The molecule has 0 aromatic heterocycles. The van der Waals surface area contributed by atoms with Crippen LogP contribution in [0.25, 0.3) is 0 Å². The van der Waals surface area contributed by atoms with Gasteiger partial charge in [0.1, 0.15) is 11.5 Å². The minimum atomic E-state index is 0.115. The van der Waals surface area contributed by atoms with Crippen LogP contribution in [0, 0.1) is 11.8 Å². The highest BCUT2D eigenvalue weighted by atomic mass is 16.3. The normalized spacial score (nSPS) is 21.2. The lowest BCUT2D eigenvalue weighted by Gasteiger charge is -2.24. The van der Waals surface area contributed by atoms with Gasteiger partial charge >= 0.3 is 0 Å². The number of nitrogens with one attached hydrogen (secondary N) is 1. The molecule has 18 heavy (non-hydrogen) atoms. The van der Waals surface area contributed by atoms with Crippen LogP contribution >= 0.6 is 0 Å². The van der Waals surface area contributed by atoms with Crippen molar-refractivity contribution in [2.45, 2.75) is 44.7 Å². The minimum absolute atomic E-state index is 0.115. The first-order valence-electron chi connectivity index (χ1n) is 6.93. The van der Waals surface area contributed by atoms with E-state index in [2.05, 4.69) is 12.2 Å². The van der Waals surface area contributed by atoms with Crippen LogP contribution in [0.4, 0.5) is 0 Å². The van der Waals surface area contributed by atoms with E-state index in [0.717, 1.165) is 17.4 Å². The van der Waals surface area contributed by atoms with Crippen LogP contribution in [0.2, 0.25) is 0 Å². The molecule has 2 aliphatic rings. The first-order valence-corrected chi connectivity index (χ1v) is 6.93. The van der Waals surface area contributed by atoms with Crippen molar-refractivity contribution < 1.29 is 10.2 Å². The maximum absolute atomic E-state index is 9.88. The molecular weight excluding hydrogens is 226 g/mol. The Morgan fingerprint density at radius 2 is 1.72 bits per heavy atom. The zero-order chi connectivity index (χ0) is 12.7. The maximum Gasteiger partial charge on any atom is 0.124 e. The van der Waals surface area contributed by atoms with Crippen molar-refractivity contribution in [1.29, 1.82) is 0 Å². The lowest BCUT2D eigenvalue weighted by atomic mass is 10.0. The van der Waals surface area contributed by atoms with Crippen molar-refractivity contribution in [3.05, 3.63) is 23.8 Å². The Kier molecular flexibility index (Phi) is 2.94. The maximum atomic E-state index is 9.88. The van der Waals surface area contributed by atoms with E-state index in [1.54, 1.807) is 12.1 Å². The molecule has 0 amide bonds. The molecule has 1 aromatic rings. The van der Waals surface area contributed by atoms with Crippen molar-refractivity contribution in [3.63, 3.8) is 0 Å². The van der Waals surface area contributed by atoms with Gasteiger partial charge in [0, 0.05) is 23.7 Å². The highest BCUT2D eigenvalue weighted by molar-refractivity contribution is 5.40. The lowest BCUT2D eigenvalue weighted by Crippen LogP contribution is -2.35. The van der Waals surface area contributed by atoms with E-state index in [1.807, 2.05) is 0 Å². The third-order valence-corrected chi connectivity index (χ3v) is 4.18. The standard InChI is InChI=1S/C15H21NO2/c1-9(13-7-6-12(17)8-14(13)18)16-15(10-2-3-10)11-4-5-11/h6-11,15-18H,2-5H2,1H3. The molecule has 3 N–H and O–H groups in total. The van der Waals surface area contributed by atoms with Crippen LogP contribution in [0.5, 0.6) is 11.5 Å². The predicted molar refractivity (Wildman–Crippen MR) is 70.6 cm³/mol. The fourth-order valence-electron chi connectivity index (χ4n) is 2.84. The molecule has 0 aliphatic heterocycles. The summed E-state index contributed by atoms with van der Waals surface area (Å²) in [5, 5.41) is 22.9.